The first-order valence-electron chi connectivity index (χ1n) is 7.18. The third-order valence-corrected chi connectivity index (χ3v) is 4.30. The van der Waals surface area contributed by atoms with Gasteiger partial charge < -0.3 is 10.6 Å². The van der Waals surface area contributed by atoms with Crippen LogP contribution in [0, 0.1) is 30.1 Å². The van der Waals surface area contributed by atoms with E-state index < -0.39 is 0 Å². The average Bonchev–Trinajstić information content (AvgIpc) is 3.21. The van der Waals surface area contributed by atoms with Gasteiger partial charge in [-0.15, -0.1) is 6.42 Å². The van der Waals surface area contributed by atoms with Gasteiger partial charge in [-0.3, -0.25) is 4.79 Å². The van der Waals surface area contributed by atoms with Crippen LogP contribution in [0.2, 0.25) is 0 Å². The monoisotopic (exact) mass is 248 g/mol. The van der Waals surface area contributed by atoms with E-state index >= 15 is 0 Å². The quantitative estimate of drug-likeness (QED) is 0.752. The molecule has 2 atom stereocenters. The summed E-state index contributed by atoms with van der Waals surface area (Å²) in [6.07, 6.45) is 12.3. The molecule has 2 saturated carbocycles. The Morgan fingerprint density at radius 3 is 2.61 bits per heavy atom. The number of nitrogens with zero attached hydrogens (tertiary/aromatic N) is 1. The summed E-state index contributed by atoms with van der Waals surface area (Å²) >= 11 is 0. The normalized spacial score (nSPS) is 27.6. The second-order valence-corrected chi connectivity index (χ2v) is 5.75. The van der Waals surface area contributed by atoms with Gasteiger partial charge in [-0.2, -0.15) is 0 Å². The molecule has 3 nitrogen and oxygen atoms in total. The maximum Gasteiger partial charge on any atom is 0.226 e. The van der Waals surface area contributed by atoms with Crippen LogP contribution in [0.5, 0.6) is 0 Å². The zero-order valence-corrected chi connectivity index (χ0v) is 11.1. The third kappa shape index (κ3) is 3.26. The Balaban J connectivity index is 1.98. The molecule has 2 unspecified atom stereocenters. The van der Waals surface area contributed by atoms with E-state index in [4.69, 9.17) is 12.2 Å². The molecule has 2 fully saturated rings. The number of hydrogen-bond donors (Lipinski definition) is 1. The lowest BCUT2D eigenvalue weighted by molar-refractivity contribution is -0.138. The Kier molecular flexibility index (Phi) is 4.66. The van der Waals surface area contributed by atoms with Gasteiger partial charge in [0.25, 0.3) is 0 Å². The van der Waals surface area contributed by atoms with Crippen molar-refractivity contribution in [3.8, 4) is 12.3 Å². The number of hydrogen-bond acceptors (Lipinski definition) is 2. The lowest BCUT2D eigenvalue weighted by Crippen LogP contribution is -2.43. The minimum atomic E-state index is 0.121. The molecule has 18 heavy (non-hydrogen) atoms. The van der Waals surface area contributed by atoms with Gasteiger partial charge in [0, 0.05) is 12.5 Å². The summed E-state index contributed by atoms with van der Waals surface area (Å²) in [7, 11) is 0. The van der Waals surface area contributed by atoms with Crippen molar-refractivity contribution in [3.63, 3.8) is 0 Å². The lowest BCUT2D eigenvalue weighted by atomic mass is 9.78. The first-order chi connectivity index (χ1) is 8.76. The smallest absolute Gasteiger partial charge is 0.226 e. The molecule has 0 bridgehead atoms. The van der Waals surface area contributed by atoms with Crippen molar-refractivity contribution < 1.29 is 4.79 Å². The summed E-state index contributed by atoms with van der Waals surface area (Å²) in [5.74, 6) is 4.07. The van der Waals surface area contributed by atoms with Crippen molar-refractivity contribution in [2.24, 2.45) is 23.5 Å². The van der Waals surface area contributed by atoms with Crippen LogP contribution in [0.3, 0.4) is 0 Å². The molecule has 0 aromatic rings. The van der Waals surface area contributed by atoms with Crippen LogP contribution in [0.4, 0.5) is 0 Å². The second kappa shape index (κ2) is 6.24. The van der Waals surface area contributed by atoms with E-state index in [2.05, 4.69) is 5.92 Å². The number of nitrogens with two attached hydrogens (primary N) is 1. The molecule has 2 aliphatic carbocycles. The van der Waals surface area contributed by atoms with Gasteiger partial charge in [0.15, 0.2) is 0 Å². The minimum Gasteiger partial charge on any atom is -0.331 e. The van der Waals surface area contributed by atoms with E-state index in [0.717, 1.165) is 25.8 Å². The predicted molar refractivity (Wildman–Crippen MR) is 72.6 cm³/mol. The zero-order chi connectivity index (χ0) is 13.0. The summed E-state index contributed by atoms with van der Waals surface area (Å²) < 4.78 is 0. The Morgan fingerprint density at radius 2 is 2.00 bits per heavy atom. The molecule has 0 aliphatic heterocycles. The van der Waals surface area contributed by atoms with Gasteiger partial charge in [-0.25, -0.2) is 0 Å². The Hall–Kier alpha value is -1.01. The fourth-order valence-electron chi connectivity index (χ4n) is 3.00. The summed E-state index contributed by atoms with van der Waals surface area (Å²) in [6, 6.07) is 0. The summed E-state index contributed by atoms with van der Waals surface area (Å²) in [5.41, 5.74) is 5.81. The van der Waals surface area contributed by atoms with Crippen molar-refractivity contribution in [1.82, 2.24) is 4.90 Å². The molecule has 100 valence electrons. The molecule has 2 N–H and O–H groups in total. The van der Waals surface area contributed by atoms with E-state index in [1.807, 2.05) is 4.90 Å². The summed E-state index contributed by atoms with van der Waals surface area (Å²) in [4.78, 5) is 14.5. The zero-order valence-electron chi connectivity index (χ0n) is 11.1. The number of carbonyl (C=O) groups is 1. The molecule has 1 amide bonds. The molecule has 0 heterocycles. The number of amides is 1. The number of terminal acetylenes is 1. The largest absolute Gasteiger partial charge is 0.331 e. The van der Waals surface area contributed by atoms with Crippen molar-refractivity contribution in [2.45, 2.75) is 38.5 Å². The van der Waals surface area contributed by atoms with E-state index in [-0.39, 0.29) is 11.8 Å². The van der Waals surface area contributed by atoms with Gasteiger partial charge in [0.05, 0.1) is 6.54 Å². The van der Waals surface area contributed by atoms with Crippen LogP contribution in [-0.2, 0) is 4.79 Å². The maximum atomic E-state index is 12.6. The van der Waals surface area contributed by atoms with E-state index in [1.54, 1.807) is 0 Å². The molecular weight excluding hydrogens is 224 g/mol. The molecular formula is C15H24N2O. The molecule has 0 spiro atoms. The SMILES string of the molecule is C#CCN(CC1CC1)C(=O)C1CCCCC1CN. The van der Waals surface area contributed by atoms with Crippen molar-refractivity contribution in [3.05, 3.63) is 0 Å². The topological polar surface area (TPSA) is 46.3 Å². The minimum absolute atomic E-state index is 0.121. The highest BCUT2D eigenvalue weighted by Gasteiger charge is 2.34. The van der Waals surface area contributed by atoms with Gasteiger partial charge in [0.2, 0.25) is 5.91 Å². The Labute approximate surface area is 110 Å². The van der Waals surface area contributed by atoms with Crippen LogP contribution in [0.25, 0.3) is 0 Å². The summed E-state index contributed by atoms with van der Waals surface area (Å²) in [6.45, 7) is 1.95. The highest BCUT2D eigenvalue weighted by Crippen LogP contribution is 2.33. The fourth-order valence-corrected chi connectivity index (χ4v) is 3.00. The molecule has 0 aromatic heterocycles. The highest BCUT2D eigenvalue weighted by molar-refractivity contribution is 5.79. The van der Waals surface area contributed by atoms with Crippen LogP contribution >= 0.6 is 0 Å². The number of carbonyl (C=O) groups excluding carboxylic acids is 1. The highest BCUT2D eigenvalue weighted by atomic mass is 16.2. The second-order valence-electron chi connectivity index (χ2n) is 5.75. The maximum absolute atomic E-state index is 12.6. The fraction of sp³-hybridized carbons (Fsp3) is 0.800. The first kappa shape index (κ1) is 13.4. The van der Waals surface area contributed by atoms with E-state index in [0.29, 0.717) is 24.9 Å². The molecule has 0 saturated heterocycles. The van der Waals surface area contributed by atoms with Crippen LogP contribution in [0.1, 0.15) is 38.5 Å². The van der Waals surface area contributed by atoms with Gasteiger partial charge in [0.1, 0.15) is 0 Å². The molecule has 2 rings (SSSR count). The van der Waals surface area contributed by atoms with E-state index in [9.17, 15) is 4.79 Å². The van der Waals surface area contributed by atoms with Crippen LogP contribution < -0.4 is 5.73 Å². The Bertz CT molecular complexity index is 330. The first-order valence-corrected chi connectivity index (χ1v) is 7.18. The molecule has 3 heteroatoms. The standard InChI is InChI=1S/C15H24N2O/c1-2-9-17(11-12-7-8-12)15(18)14-6-4-3-5-13(14)10-16/h1,12-14H,3-11,16H2. The van der Waals surface area contributed by atoms with Gasteiger partial charge >= 0.3 is 0 Å². The van der Waals surface area contributed by atoms with Gasteiger partial charge in [-0.05, 0) is 44.1 Å². The predicted octanol–water partition coefficient (Wildman–Crippen LogP) is 1.62. The van der Waals surface area contributed by atoms with Crippen molar-refractivity contribution in [1.29, 1.82) is 0 Å². The third-order valence-electron chi connectivity index (χ3n) is 4.30. The lowest BCUT2D eigenvalue weighted by Gasteiger charge is -2.33. The number of rotatable bonds is 5. The molecule has 0 radical (unpaired) electrons. The van der Waals surface area contributed by atoms with Crippen molar-refractivity contribution >= 4 is 5.91 Å². The van der Waals surface area contributed by atoms with Crippen LogP contribution in [0.15, 0.2) is 0 Å². The Morgan fingerprint density at radius 1 is 1.28 bits per heavy atom. The molecule has 0 aromatic carbocycles. The average molecular weight is 248 g/mol. The van der Waals surface area contributed by atoms with Gasteiger partial charge in [-0.1, -0.05) is 18.8 Å². The summed E-state index contributed by atoms with van der Waals surface area (Å²) in [5, 5.41) is 0. The van der Waals surface area contributed by atoms with Crippen molar-refractivity contribution in [2.75, 3.05) is 19.6 Å². The molecule has 2 aliphatic rings. The van der Waals surface area contributed by atoms with E-state index in [1.165, 1.54) is 19.3 Å². The van der Waals surface area contributed by atoms with Crippen LogP contribution in [-0.4, -0.2) is 30.4 Å².